The number of nitrogens with one attached hydrogen (secondary N) is 2. The highest BCUT2D eigenvalue weighted by molar-refractivity contribution is 7.89. The minimum absolute atomic E-state index is 0.134. The van der Waals surface area contributed by atoms with Crippen molar-refractivity contribution in [1.82, 2.24) is 10.6 Å². The lowest BCUT2D eigenvalue weighted by Gasteiger charge is -2.14. The molecule has 2 N–H and O–H groups in total. The van der Waals surface area contributed by atoms with Crippen LogP contribution >= 0.6 is 0 Å². The summed E-state index contributed by atoms with van der Waals surface area (Å²) in [6.07, 6.45) is 1.35. The maximum atomic E-state index is 13.7. The standard InChI is InChI=1S/C23H32FN3O3S/c1-5-25-23(26-13-18-6-8-19(9-7-18)15-30-17(2)3)27-14-21-12-22(24)11-10-20(21)16-31(4,28)29/h6-12,17H,5,13-16H2,1-4H3,(H2,25,26,27). The average Bonchev–Trinajstić information content (AvgIpc) is 2.70. The highest BCUT2D eigenvalue weighted by atomic mass is 32.2. The van der Waals surface area contributed by atoms with Crippen LogP contribution in [-0.4, -0.2) is 33.3 Å². The van der Waals surface area contributed by atoms with E-state index in [4.69, 9.17) is 4.74 Å². The van der Waals surface area contributed by atoms with Gasteiger partial charge in [0.2, 0.25) is 0 Å². The minimum atomic E-state index is -3.23. The molecule has 0 spiro atoms. The Balaban J connectivity index is 2.04. The molecule has 0 unspecified atom stereocenters. The van der Waals surface area contributed by atoms with Gasteiger partial charge in [0.1, 0.15) is 5.82 Å². The van der Waals surface area contributed by atoms with E-state index in [-0.39, 0.29) is 18.4 Å². The van der Waals surface area contributed by atoms with Crippen molar-refractivity contribution in [3.8, 4) is 0 Å². The average molecular weight is 450 g/mol. The molecule has 8 heteroatoms. The monoisotopic (exact) mass is 449 g/mol. The van der Waals surface area contributed by atoms with Crippen molar-refractivity contribution in [2.75, 3.05) is 12.8 Å². The van der Waals surface area contributed by atoms with Gasteiger partial charge in [0.15, 0.2) is 15.8 Å². The first-order valence-electron chi connectivity index (χ1n) is 10.3. The molecule has 0 aliphatic heterocycles. The zero-order valence-corrected chi connectivity index (χ0v) is 19.4. The Morgan fingerprint density at radius 1 is 1.06 bits per heavy atom. The van der Waals surface area contributed by atoms with E-state index in [1.54, 1.807) is 0 Å². The number of benzene rings is 2. The van der Waals surface area contributed by atoms with Crippen LogP contribution in [0.4, 0.5) is 4.39 Å². The Morgan fingerprint density at radius 2 is 1.74 bits per heavy atom. The maximum absolute atomic E-state index is 13.7. The van der Waals surface area contributed by atoms with Crippen molar-refractivity contribution in [1.29, 1.82) is 0 Å². The highest BCUT2D eigenvalue weighted by Crippen LogP contribution is 2.14. The van der Waals surface area contributed by atoms with E-state index in [0.29, 0.717) is 36.8 Å². The molecule has 0 aliphatic carbocycles. The first-order valence-corrected chi connectivity index (χ1v) is 12.4. The SMILES string of the molecule is CCNC(=NCc1ccc(COC(C)C)cc1)NCc1cc(F)ccc1CS(C)(=O)=O. The van der Waals surface area contributed by atoms with E-state index in [1.165, 1.54) is 24.5 Å². The molecule has 2 aromatic rings. The second-order valence-electron chi connectivity index (χ2n) is 7.71. The molecule has 0 fully saturated rings. The predicted molar refractivity (Wildman–Crippen MR) is 123 cm³/mol. The lowest BCUT2D eigenvalue weighted by atomic mass is 10.1. The summed E-state index contributed by atoms with van der Waals surface area (Å²) < 4.78 is 42.7. The van der Waals surface area contributed by atoms with E-state index >= 15 is 0 Å². The largest absolute Gasteiger partial charge is 0.374 e. The van der Waals surface area contributed by atoms with Gasteiger partial charge in [-0.1, -0.05) is 30.3 Å². The van der Waals surface area contributed by atoms with Crippen LogP contribution in [0.1, 0.15) is 43.0 Å². The number of guanidine groups is 1. The van der Waals surface area contributed by atoms with Crippen molar-refractivity contribution in [2.24, 2.45) is 4.99 Å². The van der Waals surface area contributed by atoms with Crippen LogP contribution in [0.25, 0.3) is 0 Å². The molecule has 0 radical (unpaired) electrons. The molecule has 0 amide bonds. The van der Waals surface area contributed by atoms with E-state index < -0.39 is 15.7 Å². The predicted octanol–water partition coefficient (Wildman–Crippen LogP) is 3.55. The van der Waals surface area contributed by atoms with Crippen molar-refractivity contribution in [3.63, 3.8) is 0 Å². The van der Waals surface area contributed by atoms with Crippen LogP contribution in [0, 0.1) is 5.82 Å². The van der Waals surface area contributed by atoms with Gasteiger partial charge in [-0.15, -0.1) is 0 Å². The quantitative estimate of drug-likeness (QED) is 0.428. The van der Waals surface area contributed by atoms with Gasteiger partial charge >= 0.3 is 0 Å². The number of aliphatic imine (C=N–C) groups is 1. The number of ether oxygens (including phenoxy) is 1. The van der Waals surface area contributed by atoms with Gasteiger partial charge in [-0.3, -0.25) is 0 Å². The molecule has 6 nitrogen and oxygen atoms in total. The molecular weight excluding hydrogens is 417 g/mol. The Labute approximate surface area is 184 Å². The third kappa shape index (κ3) is 9.48. The molecule has 0 aliphatic rings. The summed E-state index contributed by atoms with van der Waals surface area (Å²) in [5.74, 6) is 0.0343. The molecule has 0 bridgehead atoms. The van der Waals surface area contributed by atoms with E-state index in [9.17, 15) is 12.8 Å². The summed E-state index contributed by atoms with van der Waals surface area (Å²) in [7, 11) is -3.23. The van der Waals surface area contributed by atoms with Gasteiger partial charge in [-0.25, -0.2) is 17.8 Å². The molecule has 170 valence electrons. The number of sulfone groups is 1. The summed E-state index contributed by atoms with van der Waals surface area (Å²) >= 11 is 0. The number of halogens is 1. The fraction of sp³-hybridized carbons (Fsp3) is 0.435. The van der Waals surface area contributed by atoms with Crippen molar-refractivity contribution in [3.05, 3.63) is 70.5 Å². The minimum Gasteiger partial charge on any atom is -0.374 e. The van der Waals surface area contributed by atoms with Crippen LogP contribution in [0.15, 0.2) is 47.5 Å². The second-order valence-corrected chi connectivity index (χ2v) is 9.85. The molecule has 2 rings (SSSR count). The first kappa shape index (κ1) is 24.8. The molecule has 0 saturated heterocycles. The summed E-state index contributed by atoms with van der Waals surface area (Å²) in [6.45, 7) is 7.95. The molecule has 0 heterocycles. The zero-order chi connectivity index (χ0) is 22.9. The molecule has 0 saturated carbocycles. The van der Waals surface area contributed by atoms with E-state index in [1.807, 2.05) is 45.0 Å². The van der Waals surface area contributed by atoms with Gasteiger partial charge in [0.25, 0.3) is 0 Å². The zero-order valence-electron chi connectivity index (χ0n) is 18.6. The smallest absolute Gasteiger partial charge is 0.191 e. The van der Waals surface area contributed by atoms with Crippen LogP contribution < -0.4 is 10.6 Å². The molecule has 31 heavy (non-hydrogen) atoms. The summed E-state index contributed by atoms with van der Waals surface area (Å²) in [6, 6.07) is 12.2. The normalized spacial score (nSPS) is 12.3. The second kappa shape index (κ2) is 11.8. The molecule has 0 atom stereocenters. The maximum Gasteiger partial charge on any atom is 0.191 e. The Morgan fingerprint density at radius 3 is 2.35 bits per heavy atom. The third-order valence-electron chi connectivity index (χ3n) is 4.40. The van der Waals surface area contributed by atoms with Crippen LogP contribution in [0.2, 0.25) is 0 Å². The van der Waals surface area contributed by atoms with Gasteiger partial charge < -0.3 is 15.4 Å². The number of hydrogen-bond acceptors (Lipinski definition) is 4. The van der Waals surface area contributed by atoms with Crippen LogP contribution in [0.3, 0.4) is 0 Å². The number of hydrogen-bond donors (Lipinski definition) is 2. The summed E-state index contributed by atoms with van der Waals surface area (Å²) in [5, 5.41) is 6.32. The van der Waals surface area contributed by atoms with Gasteiger partial charge in [0, 0.05) is 19.3 Å². The lowest BCUT2D eigenvalue weighted by Crippen LogP contribution is -2.37. The van der Waals surface area contributed by atoms with Gasteiger partial charge in [-0.2, -0.15) is 0 Å². The van der Waals surface area contributed by atoms with Gasteiger partial charge in [-0.05, 0) is 55.2 Å². The fourth-order valence-electron chi connectivity index (χ4n) is 2.88. The fourth-order valence-corrected chi connectivity index (χ4v) is 3.72. The highest BCUT2D eigenvalue weighted by Gasteiger charge is 2.11. The van der Waals surface area contributed by atoms with Crippen molar-refractivity contribution in [2.45, 2.75) is 52.3 Å². The Bertz CT molecular complexity index is 974. The third-order valence-corrected chi connectivity index (χ3v) is 5.24. The Kier molecular flexibility index (Phi) is 9.45. The van der Waals surface area contributed by atoms with Crippen LogP contribution in [-0.2, 0) is 40.0 Å². The van der Waals surface area contributed by atoms with Crippen LogP contribution in [0.5, 0.6) is 0 Å². The van der Waals surface area contributed by atoms with Gasteiger partial charge in [0.05, 0.1) is 25.0 Å². The van der Waals surface area contributed by atoms with E-state index in [2.05, 4.69) is 15.6 Å². The van der Waals surface area contributed by atoms with Crippen molar-refractivity contribution >= 4 is 15.8 Å². The molecule has 2 aromatic carbocycles. The topological polar surface area (TPSA) is 79.8 Å². The number of rotatable bonds is 10. The van der Waals surface area contributed by atoms with Crippen molar-refractivity contribution < 1.29 is 17.5 Å². The molecular formula is C23H32FN3O3S. The Hall–Kier alpha value is -2.45. The first-order chi connectivity index (χ1) is 14.7. The lowest BCUT2D eigenvalue weighted by molar-refractivity contribution is 0.0657. The van der Waals surface area contributed by atoms with E-state index in [0.717, 1.165) is 11.1 Å². The summed E-state index contributed by atoms with van der Waals surface area (Å²) in [5.41, 5.74) is 3.32. The summed E-state index contributed by atoms with van der Waals surface area (Å²) in [4.78, 5) is 4.58. The number of nitrogens with zero attached hydrogens (tertiary/aromatic N) is 1. The molecule has 0 aromatic heterocycles.